The Hall–Kier alpha value is -2.52. The zero-order valence-corrected chi connectivity index (χ0v) is 20.3. The highest BCUT2D eigenvalue weighted by atomic mass is 35.5. The molecule has 1 N–H and O–H groups in total. The van der Waals surface area contributed by atoms with Crippen molar-refractivity contribution in [3.8, 4) is 11.8 Å². The minimum Gasteiger partial charge on any atom is -0.484 e. The van der Waals surface area contributed by atoms with Gasteiger partial charge in [0.25, 0.3) is 0 Å². The first-order valence-electron chi connectivity index (χ1n) is 11.0. The number of likely N-dealkylation sites (tertiary alicyclic amines) is 1. The van der Waals surface area contributed by atoms with E-state index in [1.807, 2.05) is 6.07 Å². The molecule has 0 spiro atoms. The molecule has 1 aromatic rings. The number of rotatable bonds is 7. The van der Waals surface area contributed by atoms with Gasteiger partial charge in [-0.15, -0.1) is 0 Å². The summed E-state index contributed by atoms with van der Waals surface area (Å²) in [6.45, 7) is -0.0494. The Bertz CT molecular complexity index is 1210. The molecule has 2 atom stereocenters. The van der Waals surface area contributed by atoms with Gasteiger partial charge in [0.2, 0.25) is 11.8 Å². The van der Waals surface area contributed by atoms with E-state index in [2.05, 4.69) is 10.1 Å². The molecule has 1 aromatic carbocycles. The minimum atomic E-state index is -4.57. The highest BCUT2D eigenvalue weighted by Gasteiger charge is 2.55. The molecule has 3 aliphatic rings. The van der Waals surface area contributed by atoms with E-state index in [-0.39, 0.29) is 34.5 Å². The van der Waals surface area contributed by atoms with E-state index in [1.165, 1.54) is 4.90 Å². The van der Waals surface area contributed by atoms with Crippen molar-refractivity contribution < 1.29 is 35.9 Å². The largest absolute Gasteiger partial charge is 0.484 e. The van der Waals surface area contributed by atoms with Crippen molar-refractivity contribution in [3.63, 3.8) is 0 Å². The summed E-state index contributed by atoms with van der Waals surface area (Å²) in [6, 6.07) is 4.08. The fraction of sp³-hybridized carbons (Fsp3) is 0.591. The van der Waals surface area contributed by atoms with Crippen LogP contribution < -0.4 is 10.1 Å². The van der Waals surface area contributed by atoms with Crippen LogP contribution in [0.4, 0.5) is 13.2 Å². The molecular formula is C22H23ClF3N3O5S. The summed E-state index contributed by atoms with van der Waals surface area (Å²) in [7, 11) is -4.17. The summed E-state index contributed by atoms with van der Waals surface area (Å²) in [6.07, 6.45) is -2.56. The molecule has 2 saturated carbocycles. The van der Waals surface area contributed by atoms with Crippen molar-refractivity contribution in [2.45, 2.75) is 66.9 Å². The van der Waals surface area contributed by atoms with E-state index in [4.69, 9.17) is 11.6 Å². The summed E-state index contributed by atoms with van der Waals surface area (Å²) in [5, 5.41) is 10.5. The van der Waals surface area contributed by atoms with Gasteiger partial charge in [0.15, 0.2) is 16.4 Å². The Labute approximate surface area is 205 Å². The van der Waals surface area contributed by atoms with Crippen LogP contribution in [0.25, 0.3) is 0 Å². The van der Waals surface area contributed by atoms with Gasteiger partial charge >= 0.3 is 6.18 Å². The molecule has 1 saturated heterocycles. The maximum atomic E-state index is 13.4. The topological polar surface area (TPSA) is 117 Å². The number of sulfone groups is 1. The quantitative estimate of drug-likeness (QED) is 0.576. The number of carbonyl (C=O) groups excluding carboxylic acids is 2. The monoisotopic (exact) mass is 533 g/mol. The van der Waals surface area contributed by atoms with Crippen molar-refractivity contribution in [2.24, 2.45) is 5.41 Å². The van der Waals surface area contributed by atoms with E-state index >= 15 is 0 Å². The lowest BCUT2D eigenvalue weighted by Crippen LogP contribution is -2.50. The van der Waals surface area contributed by atoms with Crippen LogP contribution in [0.5, 0.6) is 5.75 Å². The van der Waals surface area contributed by atoms with Crippen LogP contribution in [-0.4, -0.2) is 61.3 Å². The number of nitriles is 1. The summed E-state index contributed by atoms with van der Waals surface area (Å²) < 4.78 is 68.6. The third-order valence-corrected chi connectivity index (χ3v) is 9.33. The normalized spacial score (nSPS) is 24.4. The average molecular weight is 534 g/mol. The highest BCUT2D eigenvalue weighted by Crippen LogP contribution is 2.48. The van der Waals surface area contributed by atoms with Gasteiger partial charge in [0, 0.05) is 18.0 Å². The summed E-state index contributed by atoms with van der Waals surface area (Å²) in [5.41, 5.74) is -1.64. The minimum absolute atomic E-state index is 0.194. The predicted molar refractivity (Wildman–Crippen MR) is 117 cm³/mol. The van der Waals surface area contributed by atoms with Gasteiger partial charge in [0.1, 0.15) is 17.3 Å². The van der Waals surface area contributed by atoms with E-state index < -0.39 is 50.8 Å². The second-order valence-corrected chi connectivity index (χ2v) is 12.2. The maximum Gasteiger partial charge on any atom is 0.422 e. The van der Waals surface area contributed by atoms with Gasteiger partial charge in [-0.2, -0.15) is 18.4 Å². The van der Waals surface area contributed by atoms with Crippen molar-refractivity contribution in [1.29, 1.82) is 5.26 Å². The van der Waals surface area contributed by atoms with Gasteiger partial charge in [-0.05, 0) is 44.2 Å². The average Bonchev–Trinajstić information content (AvgIpc) is 3.67. The molecule has 13 heteroatoms. The van der Waals surface area contributed by atoms with Gasteiger partial charge in [-0.1, -0.05) is 18.5 Å². The number of amides is 2. The zero-order valence-electron chi connectivity index (χ0n) is 18.7. The Morgan fingerprint density at radius 3 is 2.46 bits per heavy atom. The SMILES string of the molecule is CC1(C(=O)N2C[C@H](S(=O)(=O)c3ccc(OCC(F)(F)F)cc3Cl)C[C@H]2C(=O)NC2(C#N)CC2)CC1. The van der Waals surface area contributed by atoms with Crippen LogP contribution in [-0.2, 0) is 19.4 Å². The number of hydrogen-bond donors (Lipinski definition) is 1. The van der Waals surface area contributed by atoms with E-state index in [0.717, 1.165) is 18.2 Å². The Morgan fingerprint density at radius 1 is 1.29 bits per heavy atom. The molecule has 8 nitrogen and oxygen atoms in total. The van der Waals surface area contributed by atoms with Crippen LogP contribution in [0, 0.1) is 16.7 Å². The van der Waals surface area contributed by atoms with Gasteiger partial charge in [0.05, 0.1) is 21.2 Å². The number of alkyl halides is 3. The zero-order chi connectivity index (χ0) is 25.8. The summed E-state index contributed by atoms with van der Waals surface area (Å²) in [5.74, 6) is -1.15. The second kappa shape index (κ2) is 8.55. The Kier molecular flexibility index (Phi) is 6.25. The lowest BCUT2D eigenvalue weighted by atomic mass is 10.1. The molecule has 0 radical (unpaired) electrons. The standard InChI is InChI=1S/C22H23ClF3N3O5S/c1-20(4-5-20)19(31)29-10-14(9-16(29)18(30)28-21(11-27)6-7-21)35(32,33)17-3-2-13(8-15(17)23)34-12-22(24,25)26/h2-3,8,14,16H,4-7,9-10,12H2,1H3,(H,28,30)/t14-,16+/m1/s1. The van der Waals surface area contributed by atoms with E-state index in [9.17, 15) is 36.4 Å². The number of nitrogens with zero attached hydrogens (tertiary/aromatic N) is 2. The molecule has 0 aromatic heterocycles. The van der Waals surface area contributed by atoms with Crippen LogP contribution in [0.1, 0.15) is 39.0 Å². The molecule has 4 rings (SSSR count). The fourth-order valence-electron chi connectivity index (χ4n) is 4.10. The number of carbonyl (C=O) groups is 2. The molecule has 1 heterocycles. The first-order valence-corrected chi connectivity index (χ1v) is 12.9. The molecule has 35 heavy (non-hydrogen) atoms. The molecule has 0 unspecified atom stereocenters. The summed E-state index contributed by atoms with van der Waals surface area (Å²) in [4.78, 5) is 27.1. The van der Waals surface area contributed by atoms with Gasteiger partial charge < -0.3 is 15.0 Å². The first kappa shape index (κ1) is 25.6. The van der Waals surface area contributed by atoms with Gasteiger partial charge in [-0.25, -0.2) is 8.42 Å². The first-order chi connectivity index (χ1) is 16.2. The van der Waals surface area contributed by atoms with Crippen molar-refractivity contribution in [1.82, 2.24) is 10.2 Å². The smallest absolute Gasteiger partial charge is 0.422 e. The number of benzene rings is 1. The molecular weight excluding hydrogens is 511 g/mol. The number of halogens is 4. The second-order valence-electron chi connectivity index (χ2n) is 9.62. The number of ether oxygens (including phenoxy) is 1. The molecule has 1 aliphatic heterocycles. The van der Waals surface area contributed by atoms with Crippen LogP contribution in [0.2, 0.25) is 5.02 Å². The predicted octanol–water partition coefficient (Wildman–Crippen LogP) is 3.00. The third-order valence-electron chi connectivity index (χ3n) is 6.72. The van der Waals surface area contributed by atoms with Crippen LogP contribution >= 0.6 is 11.6 Å². The molecule has 0 bridgehead atoms. The fourth-order valence-corrected chi connectivity index (χ4v) is 6.33. The number of hydrogen-bond acceptors (Lipinski definition) is 6. The lowest BCUT2D eigenvalue weighted by molar-refractivity contribution is -0.153. The Balaban J connectivity index is 1.57. The number of nitrogens with one attached hydrogen (secondary N) is 1. The lowest BCUT2D eigenvalue weighted by Gasteiger charge is -2.27. The highest BCUT2D eigenvalue weighted by molar-refractivity contribution is 7.92. The van der Waals surface area contributed by atoms with Crippen molar-refractivity contribution in [2.75, 3.05) is 13.2 Å². The van der Waals surface area contributed by atoms with Crippen molar-refractivity contribution >= 4 is 33.3 Å². The van der Waals surface area contributed by atoms with E-state index in [1.54, 1.807) is 6.92 Å². The molecule has 190 valence electrons. The molecule has 2 aliphatic carbocycles. The summed E-state index contributed by atoms with van der Waals surface area (Å²) >= 11 is 6.10. The van der Waals surface area contributed by atoms with Crippen LogP contribution in [0.15, 0.2) is 23.1 Å². The van der Waals surface area contributed by atoms with Crippen LogP contribution in [0.3, 0.4) is 0 Å². The third kappa shape index (κ3) is 5.21. The Morgan fingerprint density at radius 2 is 1.94 bits per heavy atom. The molecule has 3 fully saturated rings. The maximum absolute atomic E-state index is 13.4. The van der Waals surface area contributed by atoms with E-state index in [0.29, 0.717) is 25.7 Å². The van der Waals surface area contributed by atoms with Crippen molar-refractivity contribution in [3.05, 3.63) is 23.2 Å². The molecule has 2 amide bonds. The van der Waals surface area contributed by atoms with Gasteiger partial charge in [-0.3, -0.25) is 9.59 Å².